The maximum Gasteiger partial charge on any atom is 0.231 e. The molecular weight excluding hydrogens is 236 g/mol. The van der Waals surface area contributed by atoms with Crippen molar-refractivity contribution in [2.24, 2.45) is 5.73 Å². The highest BCUT2D eigenvalue weighted by Crippen LogP contribution is 2.17. The van der Waals surface area contributed by atoms with Gasteiger partial charge >= 0.3 is 0 Å². The Labute approximate surface area is 93.0 Å². The quantitative estimate of drug-likeness (QED) is 0.702. The van der Waals surface area contributed by atoms with Crippen molar-refractivity contribution < 1.29 is 8.42 Å². The fraction of sp³-hybridized carbons (Fsp3) is 0.714. The molecule has 1 aromatic rings. The van der Waals surface area contributed by atoms with Crippen molar-refractivity contribution in [3.05, 3.63) is 5.01 Å². The number of anilines is 1. The van der Waals surface area contributed by atoms with Gasteiger partial charge in [-0.15, -0.1) is 10.2 Å². The van der Waals surface area contributed by atoms with Crippen molar-refractivity contribution in [2.75, 3.05) is 17.5 Å². The highest BCUT2D eigenvalue weighted by Gasteiger charge is 2.07. The summed E-state index contributed by atoms with van der Waals surface area (Å²) in [5, 5.41) is 8.75. The van der Waals surface area contributed by atoms with Gasteiger partial charge in [0.1, 0.15) is 5.01 Å². The zero-order valence-corrected chi connectivity index (χ0v) is 10.1. The monoisotopic (exact) mass is 250 g/mol. The Balaban J connectivity index is 2.49. The van der Waals surface area contributed by atoms with E-state index in [0.717, 1.165) is 30.5 Å². The molecule has 0 bridgehead atoms. The van der Waals surface area contributed by atoms with Crippen LogP contribution in [0.3, 0.4) is 0 Å². The summed E-state index contributed by atoms with van der Waals surface area (Å²) in [6.07, 6.45) is 3.77. The molecule has 0 aromatic carbocycles. The van der Waals surface area contributed by atoms with E-state index < -0.39 is 10.0 Å². The van der Waals surface area contributed by atoms with Gasteiger partial charge in [-0.2, -0.15) is 0 Å². The van der Waals surface area contributed by atoms with Gasteiger partial charge in [-0.05, 0) is 19.4 Å². The molecule has 3 N–H and O–H groups in total. The zero-order valence-electron chi connectivity index (χ0n) is 8.43. The molecule has 1 heterocycles. The van der Waals surface area contributed by atoms with E-state index in [4.69, 9.17) is 5.73 Å². The molecule has 0 atom stereocenters. The molecule has 0 spiro atoms. The number of nitrogens with two attached hydrogens (primary N) is 1. The molecule has 0 radical (unpaired) electrons. The molecule has 1 aromatic heterocycles. The van der Waals surface area contributed by atoms with Crippen molar-refractivity contribution in [2.45, 2.75) is 19.3 Å². The summed E-state index contributed by atoms with van der Waals surface area (Å²) in [6.45, 7) is 0.660. The fourth-order valence-electron chi connectivity index (χ4n) is 0.975. The summed E-state index contributed by atoms with van der Waals surface area (Å²) in [5.41, 5.74) is 5.36. The smallest absolute Gasteiger partial charge is 0.231 e. The van der Waals surface area contributed by atoms with Crippen LogP contribution in [-0.2, 0) is 16.4 Å². The number of unbranched alkanes of at least 4 members (excludes halogenated alkanes) is 1. The van der Waals surface area contributed by atoms with Gasteiger partial charge in [-0.3, -0.25) is 4.72 Å². The maximum atomic E-state index is 10.9. The summed E-state index contributed by atoms with van der Waals surface area (Å²) in [6, 6.07) is 0. The van der Waals surface area contributed by atoms with Gasteiger partial charge in [0.2, 0.25) is 15.2 Å². The second-order valence-corrected chi connectivity index (χ2v) is 5.93. The van der Waals surface area contributed by atoms with Crippen LogP contribution in [0.5, 0.6) is 0 Å². The lowest BCUT2D eigenvalue weighted by Crippen LogP contribution is -2.08. The molecule has 0 fully saturated rings. The lowest BCUT2D eigenvalue weighted by Gasteiger charge is -1.95. The van der Waals surface area contributed by atoms with Crippen molar-refractivity contribution in [3.8, 4) is 0 Å². The second-order valence-electron chi connectivity index (χ2n) is 3.12. The molecule has 1 rings (SSSR count). The first-order valence-corrected chi connectivity index (χ1v) is 7.22. The number of rotatable bonds is 6. The first-order chi connectivity index (χ1) is 7.01. The Morgan fingerprint density at radius 2 is 2.13 bits per heavy atom. The van der Waals surface area contributed by atoms with E-state index in [2.05, 4.69) is 14.9 Å². The zero-order chi connectivity index (χ0) is 11.3. The first-order valence-electron chi connectivity index (χ1n) is 4.51. The van der Waals surface area contributed by atoms with Gasteiger partial charge < -0.3 is 5.73 Å². The van der Waals surface area contributed by atoms with Crippen LogP contribution in [-0.4, -0.2) is 31.4 Å². The van der Waals surface area contributed by atoms with E-state index in [9.17, 15) is 8.42 Å². The lowest BCUT2D eigenvalue weighted by atomic mass is 10.2. The SMILES string of the molecule is CS(=O)(=O)Nc1nnc(CCCCN)s1. The standard InChI is InChI=1S/C7H14N4O2S2/c1-15(12,13)11-7-10-9-6(14-7)4-2-3-5-8/h2-5,8H2,1H3,(H,10,11). The Morgan fingerprint density at radius 3 is 2.73 bits per heavy atom. The van der Waals surface area contributed by atoms with E-state index in [1.165, 1.54) is 11.3 Å². The summed E-state index contributed by atoms with van der Waals surface area (Å²) < 4.78 is 24.0. The normalized spacial score (nSPS) is 11.6. The molecule has 0 saturated heterocycles. The third-order valence-corrected chi connectivity index (χ3v) is 3.18. The third kappa shape index (κ3) is 5.05. The largest absolute Gasteiger partial charge is 0.330 e. The van der Waals surface area contributed by atoms with Gasteiger partial charge in [0, 0.05) is 6.42 Å². The molecular formula is C7H14N4O2S2. The summed E-state index contributed by atoms with van der Waals surface area (Å²) >= 11 is 1.26. The average molecular weight is 250 g/mol. The minimum Gasteiger partial charge on any atom is -0.330 e. The number of hydrogen-bond acceptors (Lipinski definition) is 6. The number of sulfonamides is 1. The minimum atomic E-state index is -3.25. The summed E-state index contributed by atoms with van der Waals surface area (Å²) in [4.78, 5) is 0. The van der Waals surface area contributed by atoms with Gasteiger partial charge in [0.05, 0.1) is 6.26 Å². The number of aromatic nitrogens is 2. The molecule has 8 heteroatoms. The van der Waals surface area contributed by atoms with E-state index >= 15 is 0 Å². The number of hydrogen-bond donors (Lipinski definition) is 2. The van der Waals surface area contributed by atoms with Gasteiger partial charge in [0.25, 0.3) is 0 Å². The average Bonchev–Trinajstić information content (AvgIpc) is 2.50. The van der Waals surface area contributed by atoms with E-state index in [1.54, 1.807) is 0 Å². The second kappa shape index (κ2) is 5.38. The van der Waals surface area contributed by atoms with Crippen LogP contribution in [0.2, 0.25) is 0 Å². The molecule has 86 valence electrons. The molecule has 0 aliphatic rings. The van der Waals surface area contributed by atoms with Crippen LogP contribution in [0.4, 0.5) is 5.13 Å². The van der Waals surface area contributed by atoms with E-state index in [1.807, 2.05) is 0 Å². The van der Waals surface area contributed by atoms with Crippen LogP contribution in [0, 0.1) is 0 Å². The molecule has 0 saturated carbocycles. The van der Waals surface area contributed by atoms with E-state index in [0.29, 0.717) is 11.7 Å². The van der Waals surface area contributed by atoms with Crippen molar-refractivity contribution in [3.63, 3.8) is 0 Å². The first kappa shape index (κ1) is 12.3. The van der Waals surface area contributed by atoms with Crippen molar-refractivity contribution in [1.82, 2.24) is 10.2 Å². The fourth-order valence-corrected chi connectivity index (χ4v) is 2.59. The maximum absolute atomic E-state index is 10.9. The topological polar surface area (TPSA) is 98.0 Å². The van der Waals surface area contributed by atoms with Gasteiger partial charge in [-0.25, -0.2) is 8.42 Å². The minimum absolute atomic E-state index is 0.320. The number of nitrogens with one attached hydrogen (secondary N) is 1. The molecule has 0 aliphatic heterocycles. The third-order valence-electron chi connectivity index (χ3n) is 1.58. The predicted molar refractivity (Wildman–Crippen MR) is 60.4 cm³/mol. The lowest BCUT2D eigenvalue weighted by molar-refractivity contribution is 0.606. The van der Waals surface area contributed by atoms with Crippen molar-refractivity contribution in [1.29, 1.82) is 0 Å². The van der Waals surface area contributed by atoms with Gasteiger partial charge in [0.15, 0.2) is 0 Å². The molecule has 6 nitrogen and oxygen atoms in total. The Bertz CT molecular complexity index is 401. The Kier molecular flexibility index (Phi) is 4.43. The molecule has 0 amide bonds. The highest BCUT2D eigenvalue weighted by atomic mass is 32.2. The molecule has 0 unspecified atom stereocenters. The van der Waals surface area contributed by atoms with Crippen molar-refractivity contribution >= 4 is 26.5 Å². The number of aryl methyl sites for hydroxylation is 1. The Morgan fingerprint density at radius 1 is 1.40 bits per heavy atom. The van der Waals surface area contributed by atoms with E-state index in [-0.39, 0.29) is 0 Å². The van der Waals surface area contributed by atoms with Crippen LogP contribution in [0.1, 0.15) is 17.8 Å². The molecule has 0 aliphatic carbocycles. The van der Waals surface area contributed by atoms with Crippen LogP contribution in [0.25, 0.3) is 0 Å². The van der Waals surface area contributed by atoms with Crippen LogP contribution in [0.15, 0.2) is 0 Å². The Hall–Kier alpha value is -0.730. The predicted octanol–water partition coefficient (Wildman–Crippen LogP) is 0.191. The highest BCUT2D eigenvalue weighted by molar-refractivity contribution is 7.92. The summed E-state index contributed by atoms with van der Waals surface area (Å²) in [7, 11) is -3.25. The molecule has 15 heavy (non-hydrogen) atoms. The van der Waals surface area contributed by atoms with Gasteiger partial charge in [-0.1, -0.05) is 11.3 Å². The van der Waals surface area contributed by atoms with Crippen LogP contribution >= 0.6 is 11.3 Å². The van der Waals surface area contributed by atoms with Crippen LogP contribution < -0.4 is 10.5 Å². The number of nitrogens with zero attached hydrogens (tertiary/aromatic N) is 2. The summed E-state index contributed by atoms with van der Waals surface area (Å²) in [5.74, 6) is 0.